The molecule has 2 heterocycles. The van der Waals surface area contributed by atoms with Gasteiger partial charge in [0.15, 0.2) is 11.6 Å². The lowest BCUT2D eigenvalue weighted by Gasteiger charge is -2.44. The van der Waals surface area contributed by atoms with Gasteiger partial charge in [-0.15, -0.1) is 0 Å². The predicted molar refractivity (Wildman–Crippen MR) is 617 cm³/mol. The Morgan fingerprint density at radius 1 is 0.133 bits per heavy atom. The van der Waals surface area contributed by atoms with Crippen LogP contribution in [0.15, 0.2) is 437 Å². The molecule has 0 amide bonds. The average molecular weight is 1920 g/mol. The van der Waals surface area contributed by atoms with E-state index in [0.29, 0.717) is 44.5 Å². The molecule has 4 N–H and O–H groups in total. The molecule has 0 radical (unpaired) electrons. The first-order chi connectivity index (χ1) is 73.7. The Morgan fingerprint density at radius 2 is 0.233 bits per heavy atom. The van der Waals surface area contributed by atoms with E-state index in [4.69, 9.17) is 18.9 Å². The van der Waals surface area contributed by atoms with Crippen molar-refractivity contribution >= 4 is 259 Å². The van der Waals surface area contributed by atoms with Gasteiger partial charge >= 0.3 is 0 Å². The van der Waals surface area contributed by atoms with E-state index < -0.39 is 58.4 Å². The highest BCUT2D eigenvalue weighted by Crippen LogP contribution is 2.65. The molecule has 4 atom stereocenters. The van der Waals surface area contributed by atoms with Crippen molar-refractivity contribution in [2.24, 2.45) is 0 Å². The molecule has 8 heteroatoms. The number of benzene rings is 32. The summed E-state index contributed by atoms with van der Waals surface area (Å²) in [6, 6.07) is 157. The fourth-order valence-corrected chi connectivity index (χ4v) is 30.3. The summed E-state index contributed by atoms with van der Waals surface area (Å²) in [6.45, 7) is 0. The van der Waals surface area contributed by atoms with Crippen molar-refractivity contribution in [3.63, 3.8) is 0 Å². The van der Waals surface area contributed by atoms with Crippen molar-refractivity contribution < 1.29 is 39.4 Å². The Morgan fingerprint density at radius 3 is 0.353 bits per heavy atom. The van der Waals surface area contributed by atoms with Crippen LogP contribution in [0.3, 0.4) is 0 Å². The zero-order valence-electron chi connectivity index (χ0n) is 81.1. The lowest BCUT2D eigenvalue weighted by atomic mass is 9.68. The summed E-state index contributed by atoms with van der Waals surface area (Å²) >= 11 is 0. The lowest BCUT2D eigenvalue weighted by molar-refractivity contribution is -0.278. The van der Waals surface area contributed by atoms with Crippen LogP contribution in [0, 0.1) is 0 Å². The third-order valence-electron chi connectivity index (χ3n) is 36.9. The quantitative estimate of drug-likeness (QED) is 0.0894. The number of rotatable bonds is 12. The first-order valence-corrected chi connectivity index (χ1v) is 52.7. The highest BCUT2D eigenvalue weighted by Gasteiger charge is 2.70. The molecule has 35 rings (SSSR count). The number of aliphatic hydroxyl groups is 4. The SMILES string of the molecule is OC(c1ccc2ccc3cccc4ccc1c2c34)(c1ccc2ccc3cccc4ccc1c2c34)[C@H]1OC2(CCC3(CC2)O[C@H](C(O)(c2ccc4ccc5cccc6ccc2c4c56)c2ccc4ccc5cccc6ccc2c4c56)[C@@H](C(O)(c2ccc4ccc5cccc6ccc2c4c56)c2ccc4ccc5cccc6ccc2c4c56)O3)O[C@@H]1C(O)(c1ccc2ccc3cccc4ccc1c2c34)c1ccc2ccc3cccc4ccc1c2c34. The molecule has 2 spiro atoms. The molecule has 150 heavy (non-hydrogen) atoms. The van der Waals surface area contributed by atoms with Crippen molar-refractivity contribution in [1.29, 1.82) is 0 Å². The van der Waals surface area contributed by atoms with E-state index in [-0.39, 0.29) is 25.7 Å². The van der Waals surface area contributed by atoms with Gasteiger partial charge in [-0.2, -0.15) is 0 Å². The van der Waals surface area contributed by atoms with Gasteiger partial charge in [0, 0.05) is 25.7 Å². The van der Waals surface area contributed by atoms with Crippen LogP contribution in [0.25, 0.3) is 259 Å². The van der Waals surface area contributed by atoms with Crippen molar-refractivity contribution in [2.75, 3.05) is 0 Å². The molecule has 3 fully saturated rings. The van der Waals surface area contributed by atoms with Gasteiger partial charge in [0.1, 0.15) is 46.8 Å². The highest BCUT2D eigenvalue weighted by atomic mass is 16.8. The molecule has 2 saturated heterocycles. The van der Waals surface area contributed by atoms with E-state index >= 15 is 20.4 Å². The van der Waals surface area contributed by atoms with E-state index in [1.54, 1.807) is 0 Å². The second-order valence-electron chi connectivity index (χ2n) is 43.8. The fraction of sp³-hybridized carbons (Fsp3) is 0.0986. The normalized spacial score (nSPS) is 17.4. The molecule has 0 aromatic heterocycles. The summed E-state index contributed by atoms with van der Waals surface area (Å²) < 4.78 is 35.4. The topological polar surface area (TPSA) is 118 Å². The summed E-state index contributed by atoms with van der Waals surface area (Å²) in [4.78, 5) is 0. The fourth-order valence-electron chi connectivity index (χ4n) is 30.3. The second-order valence-corrected chi connectivity index (χ2v) is 43.8. The van der Waals surface area contributed by atoms with Gasteiger partial charge in [-0.05, 0) is 303 Å². The third-order valence-corrected chi connectivity index (χ3v) is 36.9. The summed E-state index contributed by atoms with van der Waals surface area (Å²) in [5.74, 6) is -3.51. The lowest BCUT2D eigenvalue weighted by Crippen LogP contribution is -2.55. The maximum atomic E-state index is 17.1. The molecule has 32 aromatic carbocycles. The average Bonchev–Trinajstić information content (AvgIpc) is 1.44. The molecule has 8 nitrogen and oxygen atoms in total. The second kappa shape index (κ2) is 29.1. The van der Waals surface area contributed by atoms with E-state index in [9.17, 15) is 0 Å². The standard InChI is InChI=1S/C142H88O8/c143-139(109-65-49-93-33-25-77-9-1-17-85-41-57-101(109)125(93)117(77)85,110-66-50-94-34-26-78-10-2-18-86-42-58-102(110)126(94)118(78)86)133-134(140(144,111-67-51-95-35-27-79-11-3-19-87-43-59-103(111)127(95)119(79)87)112-68-52-96-36-28-80-12-4-20-88-44-60-104(112)128(96)120(80)88)148-137(147-133)73-75-138(76-74-137)149-135(141(145,113-69-53-97-37-29-81-13-5-21-89-45-61-105(113)129(97)121(81)89)114-70-54-98-38-30-82-14-6-22-90-46-62-106(114)130(98)122(82)90)136(150-138)142(146,115-71-55-99-39-31-83-15-7-23-91-47-63-107(115)131(99)123(83)91)116-72-56-100-40-32-84-16-8-24-92-48-64-108(116)132(100)124(84)92/h1-72,133-136,143-146H,73-76H2/t133-,134-,135-,136-/m0/s1. The predicted octanol–water partition coefficient (Wildman–Crippen LogP) is 33.4. The Kier molecular flexibility index (Phi) is 16.1. The van der Waals surface area contributed by atoms with Crippen LogP contribution in [-0.2, 0) is 41.4 Å². The smallest absolute Gasteiger partial charge is 0.170 e. The molecule has 2 aliphatic heterocycles. The van der Waals surface area contributed by atoms with Gasteiger partial charge in [-0.25, -0.2) is 0 Å². The first kappa shape index (κ1) is 83.1. The number of hydrogen-bond acceptors (Lipinski definition) is 8. The highest BCUT2D eigenvalue weighted by molar-refractivity contribution is 6.32. The Bertz CT molecular complexity index is 9460. The van der Waals surface area contributed by atoms with Crippen LogP contribution in [0.4, 0.5) is 0 Å². The summed E-state index contributed by atoms with van der Waals surface area (Å²) in [7, 11) is 0. The Balaban J connectivity index is 0.644. The van der Waals surface area contributed by atoms with Crippen LogP contribution in [-0.4, -0.2) is 56.4 Å². The zero-order valence-corrected chi connectivity index (χ0v) is 81.1. The molecule has 3 aliphatic rings. The van der Waals surface area contributed by atoms with Gasteiger partial charge in [-0.1, -0.05) is 437 Å². The maximum Gasteiger partial charge on any atom is 0.170 e. The van der Waals surface area contributed by atoms with Crippen LogP contribution >= 0.6 is 0 Å². The maximum absolute atomic E-state index is 17.1. The minimum absolute atomic E-state index is 0.0191. The van der Waals surface area contributed by atoms with Gasteiger partial charge in [-0.3, -0.25) is 0 Å². The van der Waals surface area contributed by atoms with Gasteiger partial charge in [0.25, 0.3) is 0 Å². The van der Waals surface area contributed by atoms with Crippen molar-refractivity contribution in [1.82, 2.24) is 0 Å². The van der Waals surface area contributed by atoms with Gasteiger partial charge < -0.3 is 39.4 Å². The van der Waals surface area contributed by atoms with Crippen LogP contribution in [0.2, 0.25) is 0 Å². The molecular weight excluding hydrogens is 1830 g/mol. The monoisotopic (exact) mass is 1920 g/mol. The molecule has 0 bridgehead atoms. The summed E-state index contributed by atoms with van der Waals surface area (Å²) in [5, 5.41) is 116. The van der Waals surface area contributed by atoms with E-state index in [0.717, 1.165) is 259 Å². The van der Waals surface area contributed by atoms with E-state index in [1.165, 1.54) is 0 Å². The van der Waals surface area contributed by atoms with Crippen LogP contribution < -0.4 is 0 Å². The Labute approximate surface area is 857 Å². The molecular formula is C142H88O8. The largest absolute Gasteiger partial charge is 0.377 e. The van der Waals surface area contributed by atoms with E-state index in [1.807, 2.05) is 0 Å². The van der Waals surface area contributed by atoms with Crippen molar-refractivity contribution in [3.8, 4) is 0 Å². The summed E-state index contributed by atoms with van der Waals surface area (Å²) in [5.41, 5.74) is -4.58. The molecule has 32 aromatic rings. The minimum atomic E-state index is -2.29. The third kappa shape index (κ3) is 10.6. The molecule has 0 unspecified atom stereocenters. The molecule has 1 saturated carbocycles. The van der Waals surface area contributed by atoms with Crippen LogP contribution in [0.1, 0.15) is 70.2 Å². The van der Waals surface area contributed by atoms with Gasteiger partial charge in [0.2, 0.25) is 0 Å². The molecule has 1 aliphatic carbocycles. The van der Waals surface area contributed by atoms with Crippen molar-refractivity contribution in [2.45, 2.75) is 84.1 Å². The van der Waals surface area contributed by atoms with Crippen LogP contribution in [0.5, 0.6) is 0 Å². The zero-order chi connectivity index (χ0) is 98.2. The minimum Gasteiger partial charge on any atom is -0.377 e. The van der Waals surface area contributed by atoms with E-state index in [2.05, 4.69) is 437 Å². The molecule has 704 valence electrons. The Hall–Kier alpha value is -17.0. The number of hydrogen-bond donors (Lipinski definition) is 4. The van der Waals surface area contributed by atoms with Crippen molar-refractivity contribution in [3.05, 3.63) is 481 Å². The number of ether oxygens (including phenoxy) is 4. The first-order valence-electron chi connectivity index (χ1n) is 52.7. The van der Waals surface area contributed by atoms with Gasteiger partial charge in [0.05, 0.1) is 0 Å². The summed E-state index contributed by atoms with van der Waals surface area (Å²) in [6.07, 6.45) is -6.09.